The topological polar surface area (TPSA) is 121 Å². The number of hydrogen-bond donors (Lipinski definition) is 2. The molecule has 11 nitrogen and oxygen atoms in total. The fourth-order valence-electron chi connectivity index (χ4n) is 4.21. The first-order chi connectivity index (χ1) is 16.9. The predicted molar refractivity (Wildman–Crippen MR) is 130 cm³/mol. The van der Waals surface area contributed by atoms with Crippen molar-refractivity contribution in [1.29, 1.82) is 0 Å². The Kier molecular flexibility index (Phi) is 5.72. The predicted octanol–water partition coefficient (Wildman–Crippen LogP) is 3.73. The molecule has 0 atom stereocenters. The Morgan fingerprint density at radius 1 is 1.06 bits per heavy atom. The Balaban J connectivity index is 1.53. The molecule has 1 aliphatic carbocycles. The molecule has 1 saturated carbocycles. The number of rotatable bonds is 8. The number of hydrogen-bond acceptors (Lipinski definition) is 9. The van der Waals surface area contributed by atoms with Gasteiger partial charge in [0.15, 0.2) is 23.0 Å². The van der Waals surface area contributed by atoms with E-state index in [9.17, 15) is 5.11 Å². The third-order valence-corrected chi connectivity index (χ3v) is 6.32. The number of nitrogens with one attached hydrogen (secondary N) is 1. The Bertz CT molecular complexity index is 1350. The van der Waals surface area contributed by atoms with Gasteiger partial charge in [-0.1, -0.05) is 0 Å². The molecule has 0 radical (unpaired) electrons. The second kappa shape index (κ2) is 8.73. The Morgan fingerprint density at radius 2 is 1.77 bits per heavy atom. The second-order valence-electron chi connectivity index (χ2n) is 8.88. The Labute approximate surface area is 202 Å². The summed E-state index contributed by atoms with van der Waals surface area (Å²) in [6.45, 7) is 4.08. The number of nitrogens with zero attached hydrogens (tertiary/aromatic N) is 6. The number of imidazole rings is 1. The maximum Gasteiger partial charge on any atom is 0.203 e. The normalized spacial score (nSPS) is 14.7. The van der Waals surface area contributed by atoms with Crippen LogP contribution in [0, 0.1) is 0 Å². The zero-order valence-electron chi connectivity index (χ0n) is 20.4. The lowest BCUT2D eigenvalue weighted by molar-refractivity contribution is -0.0463. The van der Waals surface area contributed by atoms with Gasteiger partial charge in [0.1, 0.15) is 23.6 Å². The molecule has 1 aromatic carbocycles. The highest BCUT2D eigenvalue weighted by molar-refractivity contribution is 5.88. The first-order valence-corrected chi connectivity index (χ1v) is 11.5. The smallest absolute Gasteiger partial charge is 0.203 e. The van der Waals surface area contributed by atoms with Crippen LogP contribution in [0.4, 0.5) is 11.6 Å². The molecule has 0 saturated heterocycles. The van der Waals surface area contributed by atoms with E-state index in [1.807, 2.05) is 41.4 Å². The average molecular weight is 480 g/mol. The van der Waals surface area contributed by atoms with Crippen LogP contribution in [0.2, 0.25) is 0 Å². The van der Waals surface area contributed by atoms with Gasteiger partial charge in [-0.2, -0.15) is 5.10 Å². The van der Waals surface area contributed by atoms with Gasteiger partial charge in [0.25, 0.3) is 0 Å². The lowest BCUT2D eigenvalue weighted by atomic mass is 9.79. The molecule has 1 aliphatic rings. The fourth-order valence-corrected chi connectivity index (χ4v) is 4.21. The van der Waals surface area contributed by atoms with Crippen molar-refractivity contribution in [2.24, 2.45) is 0 Å². The lowest BCUT2D eigenvalue weighted by Crippen LogP contribution is -2.36. The van der Waals surface area contributed by atoms with Gasteiger partial charge in [0.2, 0.25) is 5.75 Å². The maximum atomic E-state index is 11.0. The summed E-state index contributed by atoms with van der Waals surface area (Å²) in [5.74, 6) is 3.13. The van der Waals surface area contributed by atoms with Crippen molar-refractivity contribution in [2.75, 3.05) is 26.6 Å². The lowest BCUT2D eigenvalue weighted by Gasteiger charge is -2.35. The molecule has 184 valence electrons. The van der Waals surface area contributed by atoms with E-state index in [1.165, 1.54) is 0 Å². The van der Waals surface area contributed by atoms with E-state index in [4.69, 9.17) is 24.2 Å². The van der Waals surface area contributed by atoms with Crippen molar-refractivity contribution in [1.82, 2.24) is 29.3 Å². The van der Waals surface area contributed by atoms with Crippen LogP contribution in [0.3, 0.4) is 0 Å². The van der Waals surface area contributed by atoms with Gasteiger partial charge in [0, 0.05) is 18.2 Å². The van der Waals surface area contributed by atoms with E-state index < -0.39 is 5.60 Å². The van der Waals surface area contributed by atoms with Crippen LogP contribution >= 0.6 is 0 Å². The van der Waals surface area contributed by atoms with E-state index in [0.29, 0.717) is 53.2 Å². The summed E-state index contributed by atoms with van der Waals surface area (Å²) in [4.78, 5) is 13.9. The number of methoxy groups -OCH3 is 3. The van der Waals surface area contributed by atoms with Gasteiger partial charge in [-0.25, -0.2) is 19.6 Å². The van der Waals surface area contributed by atoms with Gasteiger partial charge in [0.05, 0.1) is 44.8 Å². The molecule has 0 spiro atoms. The fraction of sp³-hybridized carbons (Fsp3) is 0.417. The molecule has 3 aromatic heterocycles. The molecule has 11 heteroatoms. The first kappa shape index (κ1) is 22.9. The highest BCUT2D eigenvalue weighted by Crippen LogP contribution is 2.41. The SMILES string of the molecule is COc1cc(-n2cnc(Nc3nc(C4(O)CCC4)nc4c3cnn4C(C)C)c2)cc(OC)c1OC. The third-order valence-electron chi connectivity index (χ3n) is 6.32. The summed E-state index contributed by atoms with van der Waals surface area (Å²) in [5, 5.41) is 19.5. The van der Waals surface area contributed by atoms with Gasteiger partial charge in [-0.3, -0.25) is 0 Å². The summed E-state index contributed by atoms with van der Waals surface area (Å²) in [7, 11) is 4.72. The van der Waals surface area contributed by atoms with Gasteiger partial charge in [-0.05, 0) is 33.1 Å². The molecular formula is C24H29N7O4. The molecule has 35 heavy (non-hydrogen) atoms. The van der Waals surface area contributed by atoms with E-state index in [2.05, 4.69) is 15.4 Å². The number of fused-ring (bicyclic) bond motifs is 1. The molecule has 2 N–H and O–H groups in total. The van der Waals surface area contributed by atoms with Gasteiger partial charge in [-0.15, -0.1) is 0 Å². The molecular weight excluding hydrogens is 450 g/mol. The van der Waals surface area contributed by atoms with Crippen LogP contribution in [-0.4, -0.2) is 55.7 Å². The van der Waals surface area contributed by atoms with Crippen molar-refractivity contribution in [3.8, 4) is 22.9 Å². The number of anilines is 2. The minimum absolute atomic E-state index is 0.110. The van der Waals surface area contributed by atoms with Crippen molar-refractivity contribution < 1.29 is 19.3 Å². The van der Waals surface area contributed by atoms with Crippen LogP contribution in [0.25, 0.3) is 16.7 Å². The summed E-state index contributed by atoms with van der Waals surface area (Å²) in [6.07, 6.45) is 7.48. The average Bonchev–Trinajstić information content (AvgIpc) is 3.48. The van der Waals surface area contributed by atoms with Crippen LogP contribution in [0.15, 0.2) is 30.9 Å². The van der Waals surface area contributed by atoms with E-state index >= 15 is 0 Å². The Hall–Kier alpha value is -3.86. The molecule has 0 unspecified atom stereocenters. The van der Waals surface area contributed by atoms with Crippen molar-refractivity contribution in [3.63, 3.8) is 0 Å². The quantitative estimate of drug-likeness (QED) is 0.389. The number of aromatic nitrogens is 6. The molecule has 0 bridgehead atoms. The van der Waals surface area contributed by atoms with Crippen LogP contribution in [-0.2, 0) is 5.60 Å². The number of benzene rings is 1. The minimum atomic E-state index is -1.01. The molecule has 5 rings (SSSR count). The molecule has 4 aromatic rings. The third kappa shape index (κ3) is 3.91. The highest BCUT2D eigenvalue weighted by atomic mass is 16.5. The zero-order chi connectivity index (χ0) is 24.7. The van der Waals surface area contributed by atoms with Crippen molar-refractivity contribution in [2.45, 2.75) is 44.8 Å². The maximum absolute atomic E-state index is 11.0. The highest BCUT2D eigenvalue weighted by Gasteiger charge is 2.40. The summed E-state index contributed by atoms with van der Waals surface area (Å²) >= 11 is 0. The van der Waals surface area contributed by atoms with Crippen LogP contribution in [0.5, 0.6) is 17.2 Å². The van der Waals surface area contributed by atoms with E-state index in [1.54, 1.807) is 33.9 Å². The second-order valence-corrected chi connectivity index (χ2v) is 8.88. The standard InChI is InChI=1S/C24H29N7O4/c1-14(2)31-22-16(11-26-31)21(28-23(29-22)24(32)7-6-8-24)27-19-12-30(13-25-19)15-9-17(33-3)20(35-5)18(10-15)34-4/h9-14,32H,6-8H2,1-5H3,(H,27,28,29). The molecule has 3 heterocycles. The number of aliphatic hydroxyl groups is 1. The van der Waals surface area contributed by atoms with E-state index in [0.717, 1.165) is 17.5 Å². The minimum Gasteiger partial charge on any atom is -0.493 e. The van der Waals surface area contributed by atoms with E-state index in [-0.39, 0.29) is 6.04 Å². The Morgan fingerprint density at radius 3 is 2.34 bits per heavy atom. The molecule has 0 aliphatic heterocycles. The van der Waals surface area contributed by atoms with Gasteiger partial charge < -0.3 is 29.2 Å². The molecule has 1 fully saturated rings. The number of ether oxygens (including phenoxy) is 3. The monoisotopic (exact) mass is 479 g/mol. The van der Waals surface area contributed by atoms with Crippen molar-refractivity contribution in [3.05, 3.63) is 36.7 Å². The first-order valence-electron chi connectivity index (χ1n) is 11.5. The largest absolute Gasteiger partial charge is 0.493 e. The summed E-state index contributed by atoms with van der Waals surface area (Å²) in [5.41, 5.74) is 0.452. The summed E-state index contributed by atoms with van der Waals surface area (Å²) in [6, 6.07) is 3.79. The van der Waals surface area contributed by atoms with Crippen LogP contribution in [0.1, 0.15) is 45.0 Å². The molecule has 0 amide bonds. The van der Waals surface area contributed by atoms with Crippen molar-refractivity contribution >= 4 is 22.7 Å². The van der Waals surface area contributed by atoms with Gasteiger partial charge >= 0.3 is 0 Å². The zero-order valence-corrected chi connectivity index (χ0v) is 20.4. The van der Waals surface area contributed by atoms with Crippen LogP contribution < -0.4 is 19.5 Å². The summed E-state index contributed by atoms with van der Waals surface area (Å²) < 4.78 is 20.0.